The smallest absolute Gasteiger partial charge is 0.251 e. The van der Waals surface area contributed by atoms with Crippen molar-refractivity contribution < 1.29 is 9.18 Å². The minimum atomic E-state index is -0.359. The summed E-state index contributed by atoms with van der Waals surface area (Å²) in [6.45, 7) is 4.56. The average molecular weight is 345 g/mol. The molecular formula is C19H18ClFN2O. The summed E-state index contributed by atoms with van der Waals surface area (Å²) in [5.74, 6) is -0.580. The van der Waals surface area contributed by atoms with Gasteiger partial charge in [0.15, 0.2) is 0 Å². The molecular weight excluding hydrogens is 327 g/mol. The van der Waals surface area contributed by atoms with Crippen molar-refractivity contribution in [3.63, 3.8) is 0 Å². The van der Waals surface area contributed by atoms with Crippen LogP contribution >= 0.6 is 11.6 Å². The van der Waals surface area contributed by atoms with Crippen molar-refractivity contribution in [3.05, 3.63) is 70.6 Å². The van der Waals surface area contributed by atoms with E-state index < -0.39 is 0 Å². The quantitative estimate of drug-likeness (QED) is 0.710. The van der Waals surface area contributed by atoms with Gasteiger partial charge in [0.2, 0.25) is 0 Å². The number of H-pyrrole nitrogens is 1. The van der Waals surface area contributed by atoms with Gasteiger partial charge in [0.05, 0.1) is 0 Å². The van der Waals surface area contributed by atoms with Gasteiger partial charge >= 0.3 is 0 Å². The van der Waals surface area contributed by atoms with Gasteiger partial charge in [-0.2, -0.15) is 0 Å². The molecule has 2 aromatic carbocycles. The van der Waals surface area contributed by atoms with Crippen LogP contribution in [0.25, 0.3) is 10.9 Å². The van der Waals surface area contributed by atoms with Crippen LogP contribution in [0.2, 0.25) is 5.02 Å². The molecule has 0 aliphatic rings. The van der Waals surface area contributed by atoms with Crippen LogP contribution in [0.3, 0.4) is 0 Å². The van der Waals surface area contributed by atoms with E-state index in [9.17, 15) is 9.18 Å². The third kappa shape index (κ3) is 3.29. The summed E-state index contributed by atoms with van der Waals surface area (Å²) in [4.78, 5) is 15.5. The number of hydrogen-bond acceptors (Lipinski definition) is 1. The number of rotatable bonds is 4. The highest BCUT2D eigenvalue weighted by molar-refractivity contribution is 6.31. The van der Waals surface area contributed by atoms with Gasteiger partial charge in [-0.25, -0.2) is 4.39 Å². The number of halogens is 2. The predicted octanol–water partition coefficient (Wildman–Crippen LogP) is 4.67. The first-order valence-corrected chi connectivity index (χ1v) is 8.05. The molecule has 0 bridgehead atoms. The van der Waals surface area contributed by atoms with Gasteiger partial charge < -0.3 is 10.3 Å². The van der Waals surface area contributed by atoms with E-state index in [0.717, 1.165) is 16.5 Å². The Hall–Kier alpha value is -2.33. The predicted molar refractivity (Wildman–Crippen MR) is 95.1 cm³/mol. The Kier molecular flexibility index (Phi) is 4.33. The fraction of sp³-hybridized carbons (Fsp3) is 0.211. The monoisotopic (exact) mass is 344 g/mol. The molecule has 1 aromatic heterocycles. The van der Waals surface area contributed by atoms with Crippen molar-refractivity contribution in [2.75, 3.05) is 6.54 Å². The van der Waals surface area contributed by atoms with Crippen LogP contribution in [0, 0.1) is 5.82 Å². The molecule has 3 nitrogen and oxygen atoms in total. The normalized spacial score (nSPS) is 11.7. The zero-order valence-electron chi connectivity index (χ0n) is 13.5. The zero-order valence-corrected chi connectivity index (χ0v) is 14.2. The molecule has 0 fully saturated rings. The van der Waals surface area contributed by atoms with Gasteiger partial charge in [-0.15, -0.1) is 0 Å². The van der Waals surface area contributed by atoms with E-state index in [0.29, 0.717) is 17.1 Å². The number of amides is 1. The van der Waals surface area contributed by atoms with Gasteiger partial charge in [0.1, 0.15) is 5.82 Å². The van der Waals surface area contributed by atoms with Crippen LogP contribution < -0.4 is 5.32 Å². The Morgan fingerprint density at radius 1 is 1.21 bits per heavy atom. The first kappa shape index (κ1) is 16.5. The number of benzene rings is 2. The van der Waals surface area contributed by atoms with E-state index in [2.05, 4.69) is 24.1 Å². The Morgan fingerprint density at radius 3 is 2.62 bits per heavy atom. The average Bonchev–Trinajstić information content (AvgIpc) is 2.97. The first-order valence-electron chi connectivity index (χ1n) is 7.68. The van der Waals surface area contributed by atoms with Crippen molar-refractivity contribution in [2.24, 2.45) is 0 Å². The second kappa shape index (κ2) is 6.29. The molecule has 0 aliphatic carbocycles. The third-order valence-electron chi connectivity index (χ3n) is 4.17. The largest absolute Gasteiger partial charge is 0.361 e. The second-order valence-corrected chi connectivity index (χ2v) is 6.90. The van der Waals surface area contributed by atoms with E-state index in [1.807, 2.05) is 24.4 Å². The van der Waals surface area contributed by atoms with Crippen LogP contribution in [0.4, 0.5) is 4.39 Å². The summed E-state index contributed by atoms with van der Waals surface area (Å²) in [6.07, 6.45) is 1.95. The molecule has 1 heterocycles. The van der Waals surface area contributed by atoms with Crippen LogP contribution in [-0.4, -0.2) is 17.4 Å². The summed E-state index contributed by atoms with van der Waals surface area (Å²) < 4.78 is 12.9. The Morgan fingerprint density at radius 2 is 1.92 bits per heavy atom. The first-order chi connectivity index (χ1) is 11.4. The highest BCUT2D eigenvalue weighted by atomic mass is 35.5. The molecule has 2 N–H and O–H groups in total. The lowest BCUT2D eigenvalue weighted by atomic mass is 9.84. The van der Waals surface area contributed by atoms with Crippen molar-refractivity contribution in [1.82, 2.24) is 10.3 Å². The van der Waals surface area contributed by atoms with Crippen LogP contribution in [0.1, 0.15) is 29.8 Å². The van der Waals surface area contributed by atoms with Crippen molar-refractivity contribution in [1.29, 1.82) is 0 Å². The minimum absolute atomic E-state index is 0.221. The van der Waals surface area contributed by atoms with E-state index in [4.69, 9.17) is 11.6 Å². The van der Waals surface area contributed by atoms with Crippen molar-refractivity contribution in [3.8, 4) is 0 Å². The van der Waals surface area contributed by atoms with E-state index in [-0.39, 0.29) is 17.1 Å². The van der Waals surface area contributed by atoms with E-state index >= 15 is 0 Å². The minimum Gasteiger partial charge on any atom is -0.361 e. The van der Waals surface area contributed by atoms with Gasteiger partial charge in [-0.3, -0.25) is 4.79 Å². The van der Waals surface area contributed by atoms with E-state index in [1.54, 1.807) is 0 Å². The van der Waals surface area contributed by atoms with Gasteiger partial charge in [-0.05, 0) is 48.0 Å². The highest BCUT2D eigenvalue weighted by Crippen LogP contribution is 2.31. The molecule has 0 aliphatic heterocycles. The van der Waals surface area contributed by atoms with Gasteiger partial charge in [0.25, 0.3) is 5.91 Å². The lowest BCUT2D eigenvalue weighted by Gasteiger charge is -2.25. The maximum Gasteiger partial charge on any atom is 0.251 e. The lowest BCUT2D eigenvalue weighted by Crippen LogP contribution is -2.36. The maximum atomic E-state index is 12.9. The van der Waals surface area contributed by atoms with Gasteiger partial charge in [0, 0.05) is 39.6 Å². The molecule has 0 spiro atoms. The number of nitrogens with one attached hydrogen (secondary N) is 2. The maximum absolute atomic E-state index is 12.9. The topological polar surface area (TPSA) is 44.9 Å². The second-order valence-electron chi connectivity index (χ2n) is 6.47. The third-order valence-corrected chi connectivity index (χ3v) is 4.41. The van der Waals surface area contributed by atoms with Crippen molar-refractivity contribution in [2.45, 2.75) is 19.3 Å². The number of carbonyl (C=O) groups is 1. The molecule has 0 unspecified atom stereocenters. The van der Waals surface area contributed by atoms with Crippen LogP contribution in [-0.2, 0) is 5.41 Å². The molecule has 1 amide bonds. The number of fused-ring (bicyclic) bond motifs is 1. The van der Waals surface area contributed by atoms with Crippen LogP contribution in [0.5, 0.6) is 0 Å². The molecule has 0 saturated heterocycles. The zero-order chi connectivity index (χ0) is 17.3. The molecule has 0 radical (unpaired) electrons. The number of carbonyl (C=O) groups excluding carboxylic acids is 1. The molecule has 124 valence electrons. The molecule has 0 atom stereocenters. The fourth-order valence-electron chi connectivity index (χ4n) is 2.75. The van der Waals surface area contributed by atoms with Crippen LogP contribution in [0.15, 0.2) is 48.7 Å². The Labute approximate surface area is 144 Å². The molecule has 3 rings (SSSR count). The SMILES string of the molecule is CC(C)(CNC(=O)c1ccc(F)cc1)c1c[nH]c2ccc(Cl)cc12. The van der Waals surface area contributed by atoms with Gasteiger partial charge in [-0.1, -0.05) is 25.4 Å². The summed E-state index contributed by atoms with van der Waals surface area (Å²) >= 11 is 6.10. The highest BCUT2D eigenvalue weighted by Gasteiger charge is 2.25. The standard InChI is InChI=1S/C19H18ClFN2O/c1-19(2,11-23-18(24)12-3-6-14(21)7-4-12)16-10-22-17-8-5-13(20)9-15(16)17/h3-10,22H,11H2,1-2H3,(H,23,24). The summed E-state index contributed by atoms with van der Waals surface area (Å²) in [6, 6.07) is 11.2. The lowest BCUT2D eigenvalue weighted by molar-refractivity contribution is 0.0945. The number of hydrogen-bond donors (Lipinski definition) is 2. The van der Waals surface area contributed by atoms with Crippen molar-refractivity contribution >= 4 is 28.4 Å². The molecule has 3 aromatic rings. The summed E-state index contributed by atoms with van der Waals surface area (Å²) in [5, 5.41) is 4.64. The summed E-state index contributed by atoms with van der Waals surface area (Å²) in [5.41, 5.74) is 2.24. The Bertz CT molecular complexity index is 884. The molecule has 5 heteroatoms. The Balaban J connectivity index is 1.78. The molecule has 24 heavy (non-hydrogen) atoms. The number of aromatic amines is 1. The fourth-order valence-corrected chi connectivity index (χ4v) is 2.92. The summed E-state index contributed by atoms with van der Waals surface area (Å²) in [7, 11) is 0. The molecule has 0 saturated carbocycles. The number of aromatic nitrogens is 1. The van der Waals surface area contributed by atoms with E-state index in [1.165, 1.54) is 24.3 Å².